The molecule has 5 nitrogen and oxygen atoms in total. The van der Waals surface area contributed by atoms with E-state index in [4.69, 9.17) is 4.74 Å². The van der Waals surface area contributed by atoms with E-state index in [1.54, 1.807) is 0 Å². The van der Waals surface area contributed by atoms with E-state index in [-0.39, 0.29) is 25.1 Å². The highest BCUT2D eigenvalue weighted by atomic mass is 16.5. The summed E-state index contributed by atoms with van der Waals surface area (Å²) in [5.41, 5.74) is 2.21. The number of nitrogens with one attached hydrogen (secondary N) is 1. The van der Waals surface area contributed by atoms with Crippen LogP contribution in [0.5, 0.6) is 5.75 Å². The molecule has 5 heteroatoms. The average molecular weight is 364 g/mol. The summed E-state index contributed by atoms with van der Waals surface area (Å²) in [6.07, 6.45) is 3.52. The number of carbonyl (C=O) groups excluding carboxylic acids is 2. The largest absolute Gasteiger partial charge is 0.491 e. The van der Waals surface area contributed by atoms with Gasteiger partial charge in [0, 0.05) is 0 Å². The standard InChI is InChI=1S/C22H24N2O3/c1-16-8-2-5-12-19(16)27-15-14-24-20(25)22(23-21(24)26)13-7-6-10-17-9-3-4-11-18(17)22/h2-5,8-9,11-12H,6-7,10,13-15H2,1H3,(H,23,26)/t22-/m0/s1. The minimum Gasteiger partial charge on any atom is -0.491 e. The van der Waals surface area contributed by atoms with Crippen molar-refractivity contribution in [3.63, 3.8) is 0 Å². The zero-order chi connectivity index (χ0) is 18.9. The van der Waals surface area contributed by atoms with Gasteiger partial charge in [0.05, 0.1) is 6.54 Å². The molecule has 1 heterocycles. The number of hydrogen-bond acceptors (Lipinski definition) is 3. The monoisotopic (exact) mass is 364 g/mol. The number of urea groups is 1. The van der Waals surface area contributed by atoms with Crippen LogP contribution in [0.25, 0.3) is 0 Å². The molecular weight excluding hydrogens is 340 g/mol. The summed E-state index contributed by atoms with van der Waals surface area (Å²) >= 11 is 0. The van der Waals surface area contributed by atoms with Gasteiger partial charge in [-0.25, -0.2) is 4.79 Å². The lowest BCUT2D eigenvalue weighted by Gasteiger charge is -2.27. The highest BCUT2D eigenvalue weighted by Gasteiger charge is 2.53. The van der Waals surface area contributed by atoms with Crippen LogP contribution in [0.4, 0.5) is 4.79 Å². The number of para-hydroxylation sites is 1. The summed E-state index contributed by atoms with van der Waals surface area (Å²) in [5.74, 6) is 0.620. The molecule has 0 saturated carbocycles. The van der Waals surface area contributed by atoms with Gasteiger partial charge < -0.3 is 10.1 Å². The third-order valence-electron chi connectivity index (χ3n) is 5.57. The van der Waals surface area contributed by atoms with Crippen LogP contribution in [0, 0.1) is 6.92 Å². The highest BCUT2D eigenvalue weighted by Crippen LogP contribution is 2.38. The van der Waals surface area contributed by atoms with Crippen molar-refractivity contribution in [2.24, 2.45) is 0 Å². The van der Waals surface area contributed by atoms with Gasteiger partial charge in [-0.3, -0.25) is 9.69 Å². The Morgan fingerprint density at radius 2 is 1.85 bits per heavy atom. The summed E-state index contributed by atoms with van der Waals surface area (Å²) in [6.45, 7) is 2.49. The summed E-state index contributed by atoms with van der Waals surface area (Å²) in [4.78, 5) is 27.2. The van der Waals surface area contributed by atoms with Crippen molar-refractivity contribution in [1.29, 1.82) is 0 Å². The van der Waals surface area contributed by atoms with Gasteiger partial charge in [-0.2, -0.15) is 0 Å². The Kier molecular flexibility index (Phi) is 4.60. The topological polar surface area (TPSA) is 58.6 Å². The minimum atomic E-state index is -0.924. The van der Waals surface area contributed by atoms with Crippen molar-refractivity contribution in [2.75, 3.05) is 13.2 Å². The number of benzene rings is 2. The fraction of sp³-hybridized carbons (Fsp3) is 0.364. The first-order valence-electron chi connectivity index (χ1n) is 9.53. The van der Waals surface area contributed by atoms with Crippen molar-refractivity contribution >= 4 is 11.9 Å². The normalized spacial score (nSPS) is 21.7. The van der Waals surface area contributed by atoms with Crippen LogP contribution in [0.15, 0.2) is 48.5 Å². The molecule has 1 spiro atoms. The van der Waals surface area contributed by atoms with Gasteiger partial charge in [-0.15, -0.1) is 0 Å². The molecule has 1 aliphatic heterocycles. The van der Waals surface area contributed by atoms with Gasteiger partial charge in [-0.05, 0) is 55.4 Å². The maximum Gasteiger partial charge on any atom is 0.325 e. The fourth-order valence-corrected chi connectivity index (χ4v) is 4.14. The lowest BCUT2D eigenvalue weighted by molar-refractivity contribution is -0.132. The number of hydrogen-bond donors (Lipinski definition) is 1. The minimum absolute atomic E-state index is 0.157. The molecule has 2 aromatic rings. The van der Waals surface area contributed by atoms with Gasteiger partial charge in [0.1, 0.15) is 17.9 Å². The molecule has 4 rings (SSSR count). The molecule has 2 aliphatic rings. The van der Waals surface area contributed by atoms with Gasteiger partial charge in [-0.1, -0.05) is 42.5 Å². The predicted octanol–water partition coefficient (Wildman–Crippen LogP) is 3.55. The lowest BCUT2D eigenvalue weighted by Crippen LogP contribution is -2.44. The molecule has 2 aromatic carbocycles. The molecule has 1 fully saturated rings. The maximum atomic E-state index is 13.3. The molecule has 0 unspecified atom stereocenters. The Hall–Kier alpha value is -2.82. The molecule has 1 saturated heterocycles. The quantitative estimate of drug-likeness (QED) is 0.844. The molecule has 140 valence electrons. The fourth-order valence-electron chi connectivity index (χ4n) is 4.14. The second kappa shape index (κ2) is 7.06. The van der Waals surface area contributed by atoms with E-state index in [1.165, 1.54) is 4.90 Å². The number of ether oxygens (including phenoxy) is 1. The summed E-state index contributed by atoms with van der Waals surface area (Å²) < 4.78 is 5.79. The van der Waals surface area contributed by atoms with Crippen LogP contribution < -0.4 is 10.1 Å². The second-order valence-corrected chi connectivity index (χ2v) is 7.27. The summed E-state index contributed by atoms with van der Waals surface area (Å²) in [5, 5.41) is 3.01. The number of nitrogens with zero attached hydrogens (tertiary/aromatic N) is 1. The number of carbonyl (C=O) groups is 2. The number of fused-ring (bicyclic) bond motifs is 2. The average Bonchev–Trinajstić information content (AvgIpc) is 2.81. The van der Waals surface area contributed by atoms with E-state index in [9.17, 15) is 9.59 Å². The SMILES string of the molecule is Cc1ccccc1OCCN1C(=O)N[C@]2(CCCCc3ccccc32)C1=O. The van der Waals surface area contributed by atoms with Crippen LogP contribution in [-0.2, 0) is 16.8 Å². The number of imide groups is 1. The zero-order valence-electron chi connectivity index (χ0n) is 15.5. The van der Waals surface area contributed by atoms with Crippen molar-refractivity contribution < 1.29 is 14.3 Å². The Labute approximate surface area is 159 Å². The van der Waals surface area contributed by atoms with Crippen LogP contribution in [0.3, 0.4) is 0 Å². The third-order valence-corrected chi connectivity index (χ3v) is 5.57. The number of amides is 3. The maximum absolute atomic E-state index is 13.3. The van der Waals surface area contributed by atoms with E-state index >= 15 is 0 Å². The van der Waals surface area contributed by atoms with Crippen LogP contribution in [0.1, 0.15) is 36.0 Å². The smallest absolute Gasteiger partial charge is 0.325 e. The van der Waals surface area contributed by atoms with Crippen molar-refractivity contribution in [2.45, 2.75) is 38.1 Å². The van der Waals surface area contributed by atoms with Gasteiger partial charge in [0.15, 0.2) is 0 Å². The van der Waals surface area contributed by atoms with Gasteiger partial charge in [0.25, 0.3) is 5.91 Å². The van der Waals surface area contributed by atoms with Crippen molar-refractivity contribution in [3.05, 3.63) is 65.2 Å². The first-order valence-corrected chi connectivity index (χ1v) is 9.53. The Bertz CT molecular complexity index is 879. The predicted molar refractivity (Wildman–Crippen MR) is 103 cm³/mol. The molecule has 0 aromatic heterocycles. The molecule has 1 N–H and O–H groups in total. The second-order valence-electron chi connectivity index (χ2n) is 7.27. The molecule has 1 atom stereocenters. The van der Waals surface area contributed by atoms with Gasteiger partial charge >= 0.3 is 6.03 Å². The van der Waals surface area contributed by atoms with Crippen LogP contribution >= 0.6 is 0 Å². The molecule has 3 amide bonds. The Balaban J connectivity index is 1.53. The first-order chi connectivity index (χ1) is 13.1. The Morgan fingerprint density at radius 3 is 2.70 bits per heavy atom. The number of rotatable bonds is 4. The Morgan fingerprint density at radius 1 is 1.07 bits per heavy atom. The van der Waals surface area contributed by atoms with E-state index < -0.39 is 5.54 Å². The van der Waals surface area contributed by atoms with E-state index in [1.807, 2.05) is 49.4 Å². The van der Waals surface area contributed by atoms with E-state index in [2.05, 4.69) is 11.4 Å². The van der Waals surface area contributed by atoms with Crippen molar-refractivity contribution in [3.8, 4) is 5.75 Å². The molecular formula is C22H24N2O3. The lowest BCUT2D eigenvalue weighted by atomic mass is 9.84. The first kappa shape index (κ1) is 17.6. The van der Waals surface area contributed by atoms with Crippen LogP contribution in [-0.4, -0.2) is 30.0 Å². The number of aryl methyl sites for hydroxylation is 2. The molecule has 0 bridgehead atoms. The molecule has 0 radical (unpaired) electrons. The van der Waals surface area contributed by atoms with E-state index in [0.717, 1.165) is 41.7 Å². The highest BCUT2D eigenvalue weighted by molar-refractivity contribution is 6.07. The summed E-state index contributed by atoms with van der Waals surface area (Å²) in [7, 11) is 0. The summed E-state index contributed by atoms with van der Waals surface area (Å²) in [6, 6.07) is 15.4. The molecule has 27 heavy (non-hydrogen) atoms. The zero-order valence-corrected chi connectivity index (χ0v) is 15.5. The van der Waals surface area contributed by atoms with Gasteiger partial charge in [0.2, 0.25) is 0 Å². The third kappa shape index (κ3) is 3.07. The molecule has 1 aliphatic carbocycles. The van der Waals surface area contributed by atoms with Crippen LogP contribution in [0.2, 0.25) is 0 Å². The van der Waals surface area contributed by atoms with Crippen molar-refractivity contribution in [1.82, 2.24) is 10.2 Å². The van der Waals surface area contributed by atoms with E-state index in [0.29, 0.717) is 6.42 Å².